The second-order valence-corrected chi connectivity index (χ2v) is 33.4. The molecule has 0 aromatic heterocycles. The Labute approximate surface area is 741 Å². The standard InChI is InChI=1S/C14H18.C14H14.C14H12.3C14H10.C10H12.C10H8.C10H14.C10H12.2H2/c6*1-3-7-13-11(5-1)9-10-12-6-2-4-8-14(12)13;2*1-2-6-10-8-4-3-7-9(10)5-1;2*1-2-3-7-10-8-5-4-6-9-10;;/h9-10H,1-8H2;1,3,5,7,9-10H,2,4,6,8H2;1-8H,9-10H2;3*1-10H;1-2,5-6H,3-4,7-8H2;1-8H;4-6,8-9H,2-3,7H2,1H3;3-9H,2H2,1H3;2*1H/b;;;;;;;;;7-3+;;. The molecule has 19 aromatic carbocycles. The topological polar surface area (TPSA) is 0 Å². The van der Waals surface area contributed by atoms with E-state index in [4.69, 9.17) is 0 Å². The van der Waals surface area contributed by atoms with Crippen molar-refractivity contribution in [1.29, 1.82) is 0 Å². The lowest BCUT2D eigenvalue weighted by Gasteiger charge is -2.25. The molecule has 5 aliphatic rings. The number of rotatable bonds is 5. The largest absolute Gasteiger partial charge is 0.0842 e. The Morgan fingerprint density at radius 2 is 0.460 bits per heavy atom. The quantitative estimate of drug-likeness (QED) is 0.151. The summed E-state index contributed by atoms with van der Waals surface area (Å²) in [4.78, 5) is 0. The highest BCUT2D eigenvalue weighted by Gasteiger charge is 2.19. The maximum atomic E-state index is 2.40. The first-order valence-electron chi connectivity index (χ1n) is 46.1. The number of benzene rings is 19. The van der Waals surface area contributed by atoms with Gasteiger partial charge in [0.1, 0.15) is 0 Å². The molecule has 0 N–H and O–H groups in total. The van der Waals surface area contributed by atoms with Crippen LogP contribution in [0.4, 0.5) is 0 Å². The molecule has 620 valence electrons. The average Bonchev–Trinajstić information content (AvgIpc) is 0.821. The molecule has 0 spiro atoms. The normalized spacial score (nSPS) is 12.9. The van der Waals surface area contributed by atoms with E-state index in [1.165, 1.54) is 254 Å². The van der Waals surface area contributed by atoms with Gasteiger partial charge in [-0.25, -0.2) is 0 Å². The Kier molecular flexibility index (Phi) is 31.7. The fraction of sp³-hybridized carbons (Fsp3) is 0.194. The summed E-state index contributed by atoms with van der Waals surface area (Å²) >= 11 is 0. The molecule has 0 aliphatic heterocycles. The summed E-state index contributed by atoms with van der Waals surface area (Å²) in [5, 5.41) is 21.4. The molecule has 19 aromatic rings. The number of allylic oxidation sites excluding steroid dienone is 1. The fourth-order valence-corrected chi connectivity index (χ4v) is 18.4. The van der Waals surface area contributed by atoms with E-state index < -0.39 is 0 Å². The zero-order valence-electron chi connectivity index (χ0n) is 73.0. The molecule has 0 atom stereocenters. The van der Waals surface area contributed by atoms with Crippen molar-refractivity contribution in [3.05, 3.63) is 485 Å². The third-order valence-electron chi connectivity index (χ3n) is 25.0. The molecule has 0 fully saturated rings. The molecule has 5 aliphatic carbocycles. The lowest BCUT2D eigenvalue weighted by Crippen LogP contribution is -2.12. The SMILES string of the molecule is CC/C=C/c1ccccc1.CCCCc1ccccc1.[HH].[HH].c1cc2c(c3c1CCCC3)CCCC2.c1ccc2c(c1)CCCC2.c1ccc2c(c1)CCc1ccccc1-2.c1ccc2c(c1)ccc1ccccc12.c1ccc2c(c1)ccc1ccccc12.c1ccc2c(c1)ccc1ccccc12.c1ccc2c3c(ccc2c1)CCCC3.c1ccc2ccccc2c1. The Morgan fingerprint density at radius 1 is 0.202 bits per heavy atom. The number of aryl methyl sites for hydroxylation is 9. The van der Waals surface area contributed by atoms with Gasteiger partial charge in [-0.3, -0.25) is 0 Å². The zero-order chi connectivity index (χ0) is 84.4. The number of hydrogen-bond acceptors (Lipinski definition) is 0. The third-order valence-corrected chi connectivity index (χ3v) is 25.0. The Hall–Kier alpha value is -13.0. The van der Waals surface area contributed by atoms with Gasteiger partial charge in [0, 0.05) is 2.85 Å². The van der Waals surface area contributed by atoms with E-state index in [-0.39, 0.29) is 2.85 Å². The summed E-state index contributed by atoms with van der Waals surface area (Å²) < 4.78 is 0. The van der Waals surface area contributed by atoms with Gasteiger partial charge in [0.2, 0.25) is 0 Å². The number of fused-ring (bicyclic) bond motifs is 20. The monoisotopic (exact) mass is 1610 g/mol. The highest BCUT2D eigenvalue weighted by Crippen LogP contribution is 2.36. The van der Waals surface area contributed by atoms with Gasteiger partial charge in [-0.1, -0.05) is 445 Å². The molecule has 0 saturated heterocycles. The average molecular weight is 1610 g/mol. The minimum Gasteiger partial charge on any atom is -0.0842 e. The predicted octanol–water partition coefficient (Wildman–Crippen LogP) is 34.6. The molecular formula is C124H124. The van der Waals surface area contributed by atoms with Gasteiger partial charge in [-0.15, -0.1) is 0 Å². The van der Waals surface area contributed by atoms with Crippen LogP contribution in [-0.4, -0.2) is 0 Å². The zero-order valence-corrected chi connectivity index (χ0v) is 73.0. The summed E-state index contributed by atoms with van der Waals surface area (Å²) in [6, 6.07) is 146. The Balaban J connectivity index is 0.000000120. The Morgan fingerprint density at radius 3 is 0.823 bits per heavy atom. The first-order valence-corrected chi connectivity index (χ1v) is 46.1. The van der Waals surface area contributed by atoms with Crippen LogP contribution in [-0.2, 0) is 70.6 Å². The van der Waals surface area contributed by atoms with Crippen molar-refractivity contribution in [1.82, 2.24) is 0 Å². The highest BCUT2D eigenvalue weighted by molar-refractivity contribution is 6.09. The summed E-state index contributed by atoms with van der Waals surface area (Å²) in [6.45, 7) is 4.36. The van der Waals surface area contributed by atoms with E-state index in [1.54, 1.807) is 44.5 Å². The molecule has 0 saturated carbocycles. The maximum absolute atomic E-state index is 2.40. The van der Waals surface area contributed by atoms with Gasteiger partial charge in [0.15, 0.2) is 0 Å². The molecule has 0 bridgehead atoms. The van der Waals surface area contributed by atoms with E-state index >= 15 is 0 Å². The summed E-state index contributed by atoms with van der Waals surface area (Å²) in [5.74, 6) is 0. The molecule has 124 heavy (non-hydrogen) atoms. The van der Waals surface area contributed by atoms with Crippen LogP contribution in [0, 0.1) is 0 Å². The third kappa shape index (κ3) is 23.4. The summed E-state index contributed by atoms with van der Waals surface area (Å²) in [6.07, 6.45) is 33.3. The molecule has 0 amide bonds. The van der Waals surface area contributed by atoms with Crippen LogP contribution in [0.2, 0.25) is 0 Å². The molecule has 0 heterocycles. The predicted molar refractivity (Wildman–Crippen MR) is 546 cm³/mol. The van der Waals surface area contributed by atoms with Crippen molar-refractivity contribution < 1.29 is 2.85 Å². The van der Waals surface area contributed by atoms with Crippen molar-refractivity contribution in [2.24, 2.45) is 0 Å². The summed E-state index contributed by atoms with van der Waals surface area (Å²) in [5.41, 5.74) is 21.7. The highest BCUT2D eigenvalue weighted by atomic mass is 14.2. The number of unbranched alkanes of at least 4 members (excludes halogenated alkanes) is 1. The van der Waals surface area contributed by atoms with Crippen LogP contribution in [0.25, 0.3) is 103 Å². The van der Waals surface area contributed by atoms with Gasteiger partial charge >= 0.3 is 0 Å². The number of hydrogen-bond donors (Lipinski definition) is 0. The van der Waals surface area contributed by atoms with Crippen LogP contribution in [0.5, 0.6) is 0 Å². The molecular weight excluding hydrogens is 1490 g/mol. The van der Waals surface area contributed by atoms with Crippen molar-refractivity contribution in [2.45, 2.75) is 155 Å². The molecule has 0 nitrogen and oxygen atoms in total. The van der Waals surface area contributed by atoms with Crippen LogP contribution < -0.4 is 0 Å². The second kappa shape index (κ2) is 45.8. The van der Waals surface area contributed by atoms with E-state index in [0.29, 0.717) is 0 Å². The van der Waals surface area contributed by atoms with Gasteiger partial charge in [0.05, 0.1) is 0 Å². The fourth-order valence-electron chi connectivity index (χ4n) is 18.4. The molecule has 24 rings (SSSR count). The van der Waals surface area contributed by atoms with Crippen LogP contribution in [0.1, 0.15) is 154 Å². The minimum absolute atomic E-state index is 0. The smallest absolute Gasteiger partial charge is 0 e. The van der Waals surface area contributed by atoms with Crippen molar-refractivity contribution >= 4 is 92.3 Å². The van der Waals surface area contributed by atoms with Gasteiger partial charge in [-0.05, 0) is 299 Å². The van der Waals surface area contributed by atoms with E-state index in [9.17, 15) is 0 Å². The van der Waals surface area contributed by atoms with Crippen molar-refractivity contribution in [2.75, 3.05) is 0 Å². The van der Waals surface area contributed by atoms with Crippen LogP contribution >= 0.6 is 0 Å². The first kappa shape index (κ1) is 86.0. The van der Waals surface area contributed by atoms with E-state index in [1.807, 2.05) is 6.07 Å². The summed E-state index contributed by atoms with van der Waals surface area (Å²) in [7, 11) is 0. The Bertz CT molecular complexity index is 6010. The molecule has 0 heteroatoms. The van der Waals surface area contributed by atoms with Gasteiger partial charge < -0.3 is 0 Å². The molecule has 0 unspecified atom stereocenters. The lowest BCUT2D eigenvalue weighted by atomic mass is 9.81. The van der Waals surface area contributed by atoms with Gasteiger partial charge in [0.25, 0.3) is 0 Å². The van der Waals surface area contributed by atoms with Crippen molar-refractivity contribution in [3.63, 3.8) is 0 Å². The molecule has 0 radical (unpaired) electrons. The minimum atomic E-state index is 0. The van der Waals surface area contributed by atoms with E-state index in [2.05, 4.69) is 432 Å². The second-order valence-electron chi connectivity index (χ2n) is 33.4. The maximum Gasteiger partial charge on any atom is 0 e. The van der Waals surface area contributed by atoms with E-state index in [0.717, 1.165) is 6.42 Å². The van der Waals surface area contributed by atoms with Crippen LogP contribution in [0.15, 0.2) is 419 Å². The first-order chi connectivity index (χ1) is 61.5. The van der Waals surface area contributed by atoms with Crippen LogP contribution in [0.3, 0.4) is 0 Å². The lowest BCUT2D eigenvalue weighted by molar-refractivity contribution is 0.640. The van der Waals surface area contributed by atoms with Crippen molar-refractivity contribution in [3.8, 4) is 11.1 Å². The van der Waals surface area contributed by atoms with Gasteiger partial charge in [-0.2, -0.15) is 0 Å².